The quantitative estimate of drug-likeness (QED) is 0.618. The van der Waals surface area contributed by atoms with Crippen molar-refractivity contribution in [1.82, 2.24) is 9.97 Å². The molecule has 11 heavy (non-hydrogen) atoms. The molecule has 0 saturated carbocycles. The maximum Gasteiger partial charge on any atom is 0.127 e. The molecule has 4 N–H and O–H groups in total. The highest BCUT2D eigenvalue weighted by atomic mass is 14.9. The molecule has 1 aromatic rings. The van der Waals surface area contributed by atoms with Crippen molar-refractivity contribution in [2.24, 2.45) is 5.73 Å². The van der Waals surface area contributed by atoms with Crippen LogP contribution in [0.5, 0.6) is 0 Å². The third-order valence-corrected chi connectivity index (χ3v) is 1.31. The van der Waals surface area contributed by atoms with Crippen LogP contribution in [0.1, 0.15) is 11.5 Å². The molecule has 0 amide bonds. The van der Waals surface area contributed by atoms with Crippen molar-refractivity contribution in [3.63, 3.8) is 0 Å². The second-order valence-electron chi connectivity index (χ2n) is 2.37. The standard InChI is InChI=1S/C7H12N4/c1-5-10-6(2-3-8)4-7(9)11-5/h4H,2-3,8H2,1H3,(H2,9,10,11). The van der Waals surface area contributed by atoms with Gasteiger partial charge in [0.1, 0.15) is 11.6 Å². The van der Waals surface area contributed by atoms with Crippen LogP contribution >= 0.6 is 0 Å². The van der Waals surface area contributed by atoms with Crippen molar-refractivity contribution in [3.05, 3.63) is 17.6 Å². The number of aromatic nitrogens is 2. The molecule has 0 bridgehead atoms. The number of nitrogen functional groups attached to an aromatic ring is 1. The molecule has 0 spiro atoms. The van der Waals surface area contributed by atoms with Gasteiger partial charge in [-0.25, -0.2) is 9.97 Å². The SMILES string of the molecule is Cc1nc(N)cc(CCN)n1. The van der Waals surface area contributed by atoms with Gasteiger partial charge in [0.05, 0.1) is 0 Å². The molecule has 0 fully saturated rings. The molecular weight excluding hydrogens is 140 g/mol. The molecule has 4 nitrogen and oxygen atoms in total. The van der Waals surface area contributed by atoms with Gasteiger partial charge < -0.3 is 11.5 Å². The molecule has 4 heteroatoms. The summed E-state index contributed by atoms with van der Waals surface area (Å²) in [5.74, 6) is 1.22. The average molecular weight is 152 g/mol. The van der Waals surface area contributed by atoms with Gasteiger partial charge in [0.2, 0.25) is 0 Å². The molecule has 0 aliphatic carbocycles. The van der Waals surface area contributed by atoms with Crippen LogP contribution in [-0.4, -0.2) is 16.5 Å². The summed E-state index contributed by atoms with van der Waals surface area (Å²) in [5.41, 5.74) is 11.8. The maximum atomic E-state index is 5.50. The van der Waals surface area contributed by atoms with Gasteiger partial charge in [0, 0.05) is 18.2 Å². The lowest BCUT2D eigenvalue weighted by atomic mass is 10.3. The molecule has 0 aliphatic rings. The van der Waals surface area contributed by atoms with E-state index >= 15 is 0 Å². The van der Waals surface area contributed by atoms with E-state index in [2.05, 4.69) is 9.97 Å². The van der Waals surface area contributed by atoms with Crippen LogP contribution in [0.15, 0.2) is 6.07 Å². The molecule has 60 valence electrons. The van der Waals surface area contributed by atoms with Crippen LogP contribution in [0.4, 0.5) is 5.82 Å². The maximum absolute atomic E-state index is 5.50. The summed E-state index contributed by atoms with van der Waals surface area (Å²) >= 11 is 0. The Kier molecular flexibility index (Phi) is 2.38. The first-order valence-electron chi connectivity index (χ1n) is 3.52. The first kappa shape index (κ1) is 7.94. The highest BCUT2D eigenvalue weighted by Crippen LogP contribution is 2.01. The van der Waals surface area contributed by atoms with Gasteiger partial charge in [-0.05, 0) is 13.5 Å². The Morgan fingerprint density at radius 3 is 2.73 bits per heavy atom. The van der Waals surface area contributed by atoms with Crippen LogP contribution in [0.2, 0.25) is 0 Å². The summed E-state index contributed by atoms with van der Waals surface area (Å²) in [6.07, 6.45) is 0.758. The minimum Gasteiger partial charge on any atom is -0.384 e. The van der Waals surface area contributed by atoms with Crippen molar-refractivity contribution < 1.29 is 0 Å². The summed E-state index contributed by atoms with van der Waals surface area (Å²) in [6, 6.07) is 1.75. The second kappa shape index (κ2) is 3.30. The zero-order valence-electron chi connectivity index (χ0n) is 6.54. The number of nitrogens with zero attached hydrogens (tertiary/aromatic N) is 2. The smallest absolute Gasteiger partial charge is 0.127 e. The Bertz CT molecular complexity index is 226. The zero-order chi connectivity index (χ0) is 8.27. The molecule has 1 aromatic heterocycles. The van der Waals surface area contributed by atoms with E-state index < -0.39 is 0 Å². The predicted octanol–water partition coefficient (Wildman–Crippen LogP) is -0.132. The summed E-state index contributed by atoms with van der Waals surface area (Å²) in [6.45, 7) is 2.41. The van der Waals surface area contributed by atoms with Crippen molar-refractivity contribution in [1.29, 1.82) is 0 Å². The summed E-state index contributed by atoms with van der Waals surface area (Å²) in [7, 11) is 0. The van der Waals surface area contributed by atoms with Gasteiger partial charge in [0.25, 0.3) is 0 Å². The Morgan fingerprint density at radius 1 is 1.45 bits per heavy atom. The Balaban J connectivity index is 2.89. The minimum atomic E-state index is 0.515. The van der Waals surface area contributed by atoms with E-state index in [1.165, 1.54) is 0 Å². The second-order valence-corrected chi connectivity index (χ2v) is 2.37. The lowest BCUT2D eigenvalue weighted by Crippen LogP contribution is -2.07. The number of hydrogen-bond donors (Lipinski definition) is 2. The minimum absolute atomic E-state index is 0.515. The van der Waals surface area contributed by atoms with Crippen LogP contribution in [0, 0.1) is 6.92 Å². The predicted molar refractivity (Wildman–Crippen MR) is 43.9 cm³/mol. The van der Waals surface area contributed by atoms with Crippen molar-refractivity contribution in [3.8, 4) is 0 Å². The molecule has 1 rings (SSSR count). The van der Waals surface area contributed by atoms with E-state index in [0.717, 1.165) is 12.1 Å². The molecule has 0 saturated heterocycles. The Hall–Kier alpha value is -1.16. The van der Waals surface area contributed by atoms with Crippen LogP contribution in [0.3, 0.4) is 0 Å². The van der Waals surface area contributed by atoms with Crippen LogP contribution in [0.25, 0.3) is 0 Å². The van der Waals surface area contributed by atoms with Crippen LogP contribution < -0.4 is 11.5 Å². The lowest BCUT2D eigenvalue weighted by molar-refractivity contribution is 0.891. The molecular formula is C7H12N4. The van der Waals surface area contributed by atoms with Gasteiger partial charge in [0.15, 0.2) is 0 Å². The van der Waals surface area contributed by atoms with E-state index in [4.69, 9.17) is 11.5 Å². The summed E-state index contributed by atoms with van der Waals surface area (Å²) in [5, 5.41) is 0. The van der Waals surface area contributed by atoms with E-state index in [0.29, 0.717) is 18.2 Å². The molecule has 0 radical (unpaired) electrons. The van der Waals surface area contributed by atoms with E-state index in [1.807, 2.05) is 6.92 Å². The Morgan fingerprint density at radius 2 is 2.18 bits per heavy atom. The first-order valence-corrected chi connectivity index (χ1v) is 3.52. The van der Waals surface area contributed by atoms with E-state index in [1.54, 1.807) is 6.07 Å². The number of aryl methyl sites for hydroxylation is 1. The van der Waals surface area contributed by atoms with Crippen molar-refractivity contribution in [2.75, 3.05) is 12.3 Å². The van der Waals surface area contributed by atoms with Crippen molar-refractivity contribution in [2.45, 2.75) is 13.3 Å². The average Bonchev–Trinajstić information content (AvgIpc) is 1.85. The molecule has 0 atom stereocenters. The fraction of sp³-hybridized carbons (Fsp3) is 0.429. The number of hydrogen-bond acceptors (Lipinski definition) is 4. The van der Waals surface area contributed by atoms with Gasteiger partial charge in [-0.2, -0.15) is 0 Å². The van der Waals surface area contributed by atoms with E-state index in [-0.39, 0.29) is 0 Å². The van der Waals surface area contributed by atoms with Gasteiger partial charge in [-0.1, -0.05) is 0 Å². The summed E-state index contributed by atoms with van der Waals surface area (Å²) in [4.78, 5) is 8.10. The molecule has 0 unspecified atom stereocenters. The first-order chi connectivity index (χ1) is 5.22. The number of anilines is 1. The molecule has 0 aromatic carbocycles. The van der Waals surface area contributed by atoms with Crippen molar-refractivity contribution >= 4 is 5.82 Å². The topological polar surface area (TPSA) is 77.8 Å². The zero-order valence-corrected chi connectivity index (χ0v) is 6.54. The van der Waals surface area contributed by atoms with Gasteiger partial charge in [-0.15, -0.1) is 0 Å². The van der Waals surface area contributed by atoms with Gasteiger partial charge >= 0.3 is 0 Å². The summed E-state index contributed by atoms with van der Waals surface area (Å²) < 4.78 is 0. The fourth-order valence-electron chi connectivity index (χ4n) is 0.931. The van der Waals surface area contributed by atoms with Crippen LogP contribution in [-0.2, 0) is 6.42 Å². The molecule has 1 heterocycles. The number of rotatable bonds is 2. The normalized spacial score (nSPS) is 10.0. The lowest BCUT2D eigenvalue weighted by Gasteiger charge is -2.00. The Labute approximate surface area is 65.6 Å². The molecule has 0 aliphatic heterocycles. The highest BCUT2D eigenvalue weighted by molar-refractivity contribution is 5.29. The van der Waals surface area contributed by atoms with Gasteiger partial charge in [-0.3, -0.25) is 0 Å². The number of nitrogens with two attached hydrogens (primary N) is 2. The largest absolute Gasteiger partial charge is 0.384 e. The third-order valence-electron chi connectivity index (χ3n) is 1.31. The highest BCUT2D eigenvalue weighted by Gasteiger charge is 1.96. The monoisotopic (exact) mass is 152 g/mol. The van der Waals surface area contributed by atoms with E-state index in [9.17, 15) is 0 Å². The fourth-order valence-corrected chi connectivity index (χ4v) is 0.931. The third kappa shape index (κ3) is 2.16.